The Labute approximate surface area is 273 Å². The molecular formula is C40H72O4. The van der Waals surface area contributed by atoms with Crippen molar-refractivity contribution in [2.24, 2.45) is 29.6 Å². The van der Waals surface area contributed by atoms with Crippen LogP contribution in [0.25, 0.3) is 0 Å². The highest BCUT2D eigenvalue weighted by Crippen LogP contribution is 2.48. The molecule has 0 bridgehead atoms. The molecule has 0 fully saturated rings. The monoisotopic (exact) mass is 617 g/mol. The lowest BCUT2D eigenvalue weighted by molar-refractivity contribution is 0.313. The normalized spacial score (nSPS) is 15.5. The van der Waals surface area contributed by atoms with Gasteiger partial charge in [-0.15, -0.1) is 0 Å². The van der Waals surface area contributed by atoms with Gasteiger partial charge in [0.1, 0.15) is 0 Å². The van der Waals surface area contributed by atoms with Crippen LogP contribution in [0.1, 0.15) is 162 Å². The second-order valence-electron chi connectivity index (χ2n) is 14.6. The van der Waals surface area contributed by atoms with Gasteiger partial charge >= 0.3 is 0 Å². The first-order chi connectivity index (χ1) is 20.9. The summed E-state index contributed by atoms with van der Waals surface area (Å²) in [4.78, 5) is 0. The Morgan fingerprint density at radius 2 is 0.977 bits per heavy atom. The Bertz CT molecular complexity index is 936. The van der Waals surface area contributed by atoms with Gasteiger partial charge in [-0.2, -0.15) is 0 Å². The maximum Gasteiger partial charge on any atom is 0.207 e. The zero-order chi connectivity index (χ0) is 33.1. The number of rotatable bonds is 25. The molecule has 0 aliphatic heterocycles. The van der Waals surface area contributed by atoms with Crippen molar-refractivity contribution >= 4 is 0 Å². The second kappa shape index (κ2) is 22.6. The summed E-state index contributed by atoms with van der Waals surface area (Å²) >= 11 is 0. The van der Waals surface area contributed by atoms with Crippen LogP contribution in [0.2, 0.25) is 0 Å². The first-order valence-electron chi connectivity index (χ1n) is 18.3. The van der Waals surface area contributed by atoms with Gasteiger partial charge in [0.25, 0.3) is 0 Å². The van der Waals surface area contributed by atoms with E-state index >= 15 is 0 Å². The van der Waals surface area contributed by atoms with E-state index in [-0.39, 0.29) is 23.0 Å². The number of allylic oxidation sites excluding steroid dienone is 2. The topological polar surface area (TPSA) is 58.9 Å². The second-order valence-corrected chi connectivity index (χ2v) is 14.6. The molecule has 1 aromatic rings. The zero-order valence-corrected chi connectivity index (χ0v) is 30.7. The number of ether oxygens (including phenoxy) is 2. The summed E-state index contributed by atoms with van der Waals surface area (Å²) in [5.41, 5.74) is 2.97. The van der Waals surface area contributed by atoms with Crippen molar-refractivity contribution in [3.05, 3.63) is 22.8 Å². The van der Waals surface area contributed by atoms with E-state index in [1.807, 2.05) is 6.92 Å². The quantitative estimate of drug-likeness (QED) is 0.0847. The van der Waals surface area contributed by atoms with Gasteiger partial charge in [-0.05, 0) is 75.5 Å². The highest BCUT2D eigenvalue weighted by Gasteiger charge is 2.23. The van der Waals surface area contributed by atoms with Crippen LogP contribution >= 0.6 is 0 Å². The van der Waals surface area contributed by atoms with Crippen LogP contribution in [0.4, 0.5) is 0 Å². The zero-order valence-electron chi connectivity index (χ0n) is 30.7. The minimum Gasteiger partial charge on any atom is -0.504 e. The Morgan fingerprint density at radius 1 is 0.614 bits per heavy atom. The molecule has 5 atom stereocenters. The fourth-order valence-electron chi connectivity index (χ4n) is 6.66. The Balaban J connectivity index is 2.18. The number of phenols is 2. The number of aromatic hydroxyl groups is 2. The third-order valence-electron chi connectivity index (χ3n) is 10.3. The largest absolute Gasteiger partial charge is 0.504 e. The minimum absolute atomic E-state index is 0.0552. The molecule has 1 rings (SSSR count). The summed E-state index contributed by atoms with van der Waals surface area (Å²) in [6.07, 6.45) is 24.2. The number of methoxy groups -OCH3 is 2. The van der Waals surface area contributed by atoms with Crippen LogP contribution in [-0.2, 0) is 6.42 Å². The van der Waals surface area contributed by atoms with Gasteiger partial charge in [-0.25, -0.2) is 0 Å². The molecule has 256 valence electrons. The molecule has 0 radical (unpaired) electrons. The van der Waals surface area contributed by atoms with Crippen LogP contribution < -0.4 is 9.47 Å². The molecule has 1 aromatic carbocycles. The summed E-state index contributed by atoms with van der Waals surface area (Å²) < 4.78 is 10.6. The average Bonchev–Trinajstić information content (AvgIpc) is 2.98. The standard InChI is InChI=1S/C40H72O4/c1-11-29(2)17-12-18-30(3)19-13-20-31(4)21-14-22-32(5)23-15-24-33(6)25-16-26-34(7)27-28-36-35(8)37(41)39(43-9)40(44-10)38(36)42/h17,30-34,41-42H,11-16,18-28H2,1-10H3/b29-17-. The van der Waals surface area contributed by atoms with Crippen LogP contribution in [0, 0.1) is 36.5 Å². The highest BCUT2D eigenvalue weighted by molar-refractivity contribution is 5.65. The van der Waals surface area contributed by atoms with Gasteiger partial charge in [0.2, 0.25) is 11.5 Å². The predicted molar refractivity (Wildman–Crippen MR) is 190 cm³/mol. The Kier molecular flexibility index (Phi) is 20.7. The van der Waals surface area contributed by atoms with Crippen molar-refractivity contribution in [2.45, 2.75) is 165 Å². The van der Waals surface area contributed by atoms with Gasteiger partial charge in [-0.3, -0.25) is 0 Å². The summed E-state index contributed by atoms with van der Waals surface area (Å²) in [5.74, 6) is 4.51. The molecule has 4 heteroatoms. The summed E-state index contributed by atoms with van der Waals surface area (Å²) in [5, 5.41) is 21.2. The van der Waals surface area contributed by atoms with E-state index in [1.165, 1.54) is 116 Å². The molecule has 0 heterocycles. The molecule has 0 saturated carbocycles. The van der Waals surface area contributed by atoms with Crippen LogP contribution in [0.3, 0.4) is 0 Å². The SMILES string of the molecule is CC/C(C)=C\CCC(C)CCCC(C)CCCC(C)CCCC(C)CCCC(C)CCc1c(C)c(O)c(OC)c(OC)c1O. The molecule has 0 saturated heterocycles. The summed E-state index contributed by atoms with van der Waals surface area (Å²) in [6, 6.07) is 0. The lowest BCUT2D eigenvalue weighted by Crippen LogP contribution is -2.04. The van der Waals surface area contributed by atoms with E-state index < -0.39 is 0 Å². The Hall–Kier alpha value is -1.84. The van der Waals surface area contributed by atoms with Crippen molar-refractivity contribution in [3.8, 4) is 23.0 Å². The fourth-order valence-corrected chi connectivity index (χ4v) is 6.66. The number of hydrogen-bond donors (Lipinski definition) is 2. The molecule has 0 aromatic heterocycles. The van der Waals surface area contributed by atoms with Gasteiger partial charge in [-0.1, -0.05) is 130 Å². The molecule has 0 aliphatic carbocycles. The Morgan fingerprint density at radius 3 is 1.36 bits per heavy atom. The van der Waals surface area contributed by atoms with Crippen molar-refractivity contribution in [2.75, 3.05) is 14.2 Å². The van der Waals surface area contributed by atoms with Crippen LogP contribution in [0.5, 0.6) is 23.0 Å². The summed E-state index contributed by atoms with van der Waals surface area (Å²) in [6.45, 7) is 18.4. The smallest absolute Gasteiger partial charge is 0.207 e. The number of phenolic OH excluding ortho intramolecular Hbond substituents is 2. The van der Waals surface area contributed by atoms with E-state index in [1.54, 1.807) is 0 Å². The van der Waals surface area contributed by atoms with Gasteiger partial charge in [0.15, 0.2) is 11.5 Å². The molecule has 4 nitrogen and oxygen atoms in total. The lowest BCUT2D eigenvalue weighted by atomic mass is 9.89. The first-order valence-corrected chi connectivity index (χ1v) is 18.3. The molecular weight excluding hydrogens is 544 g/mol. The lowest BCUT2D eigenvalue weighted by Gasteiger charge is -2.19. The maximum atomic E-state index is 10.7. The molecule has 0 spiro atoms. The fraction of sp³-hybridized carbons (Fsp3) is 0.800. The maximum absolute atomic E-state index is 10.7. The van der Waals surface area contributed by atoms with E-state index in [0.29, 0.717) is 11.5 Å². The molecule has 5 unspecified atom stereocenters. The van der Waals surface area contributed by atoms with Crippen molar-refractivity contribution in [3.63, 3.8) is 0 Å². The van der Waals surface area contributed by atoms with E-state index in [9.17, 15) is 10.2 Å². The van der Waals surface area contributed by atoms with E-state index in [2.05, 4.69) is 54.5 Å². The predicted octanol–water partition coefficient (Wildman–Crippen LogP) is 12.4. The minimum atomic E-state index is 0.0552. The van der Waals surface area contributed by atoms with E-state index in [4.69, 9.17) is 9.47 Å². The highest BCUT2D eigenvalue weighted by atomic mass is 16.5. The summed E-state index contributed by atoms with van der Waals surface area (Å²) in [7, 11) is 2.96. The molecule has 0 aliphatic rings. The van der Waals surface area contributed by atoms with Crippen LogP contribution in [-0.4, -0.2) is 24.4 Å². The van der Waals surface area contributed by atoms with E-state index in [0.717, 1.165) is 42.1 Å². The third-order valence-corrected chi connectivity index (χ3v) is 10.3. The third kappa shape index (κ3) is 15.4. The van der Waals surface area contributed by atoms with Gasteiger partial charge in [0.05, 0.1) is 14.2 Å². The van der Waals surface area contributed by atoms with Crippen LogP contribution in [0.15, 0.2) is 11.6 Å². The van der Waals surface area contributed by atoms with Crippen molar-refractivity contribution in [1.82, 2.24) is 0 Å². The number of hydrogen-bond acceptors (Lipinski definition) is 4. The molecule has 44 heavy (non-hydrogen) atoms. The van der Waals surface area contributed by atoms with Crippen molar-refractivity contribution < 1.29 is 19.7 Å². The van der Waals surface area contributed by atoms with Gasteiger partial charge < -0.3 is 19.7 Å². The van der Waals surface area contributed by atoms with Gasteiger partial charge in [0, 0.05) is 11.1 Å². The molecule has 2 N–H and O–H groups in total. The number of benzene rings is 1. The average molecular weight is 617 g/mol. The molecule has 0 amide bonds. The van der Waals surface area contributed by atoms with Crippen molar-refractivity contribution in [1.29, 1.82) is 0 Å². The first kappa shape index (κ1) is 40.2.